The standard InChI is InChI=1S/C11H12N4O2S/c1-2-13-6-7-14-8-4-3-5-9(15(16)17)10(8)12-11(14)18-13/h3-5H,2,6-7H2,1H3. The lowest BCUT2D eigenvalue weighted by atomic mass is 10.2. The maximum Gasteiger partial charge on any atom is 0.297 e. The highest BCUT2D eigenvalue weighted by Gasteiger charge is 2.24. The van der Waals surface area contributed by atoms with Gasteiger partial charge in [0.05, 0.1) is 10.4 Å². The third-order valence-corrected chi connectivity index (χ3v) is 4.23. The molecule has 1 aliphatic heterocycles. The van der Waals surface area contributed by atoms with Crippen molar-refractivity contribution >= 4 is 28.7 Å². The van der Waals surface area contributed by atoms with Crippen LogP contribution in [0.4, 0.5) is 5.69 Å². The second kappa shape index (κ2) is 4.25. The summed E-state index contributed by atoms with van der Waals surface area (Å²) in [5, 5.41) is 11.8. The Labute approximate surface area is 108 Å². The fraction of sp³-hybridized carbons (Fsp3) is 0.364. The molecule has 0 aliphatic carbocycles. The number of nitrogens with zero attached hydrogens (tertiary/aromatic N) is 4. The van der Waals surface area contributed by atoms with Crippen LogP contribution < -0.4 is 0 Å². The van der Waals surface area contributed by atoms with Crippen LogP contribution in [0.5, 0.6) is 0 Å². The molecule has 0 radical (unpaired) electrons. The van der Waals surface area contributed by atoms with Crippen molar-refractivity contribution in [2.24, 2.45) is 0 Å². The van der Waals surface area contributed by atoms with Crippen LogP contribution in [0, 0.1) is 10.1 Å². The summed E-state index contributed by atoms with van der Waals surface area (Å²) in [6, 6.07) is 5.11. The molecule has 0 amide bonds. The Morgan fingerprint density at radius 1 is 1.50 bits per heavy atom. The molecule has 3 rings (SSSR count). The molecule has 0 saturated carbocycles. The van der Waals surface area contributed by atoms with Crippen LogP contribution in [0.15, 0.2) is 23.4 Å². The number of rotatable bonds is 2. The first kappa shape index (κ1) is 11.5. The maximum atomic E-state index is 11.0. The number of aromatic nitrogens is 2. The Hall–Kier alpha value is -1.60. The van der Waals surface area contributed by atoms with Crippen LogP contribution in [0.2, 0.25) is 0 Å². The van der Waals surface area contributed by atoms with Crippen molar-refractivity contribution in [2.75, 3.05) is 13.1 Å². The summed E-state index contributed by atoms with van der Waals surface area (Å²) in [7, 11) is 0. The smallest absolute Gasteiger partial charge is 0.297 e. The van der Waals surface area contributed by atoms with E-state index >= 15 is 0 Å². The van der Waals surface area contributed by atoms with Gasteiger partial charge in [0.15, 0.2) is 10.7 Å². The summed E-state index contributed by atoms with van der Waals surface area (Å²) in [5.74, 6) is 0. The number of hydrogen-bond donors (Lipinski definition) is 0. The number of nitro benzene ring substituents is 1. The molecule has 0 atom stereocenters. The Morgan fingerprint density at radius 2 is 2.33 bits per heavy atom. The molecule has 0 saturated heterocycles. The fourth-order valence-electron chi connectivity index (χ4n) is 2.14. The van der Waals surface area contributed by atoms with Gasteiger partial charge in [0.2, 0.25) is 0 Å². The van der Waals surface area contributed by atoms with E-state index in [4.69, 9.17) is 0 Å². The van der Waals surface area contributed by atoms with Gasteiger partial charge in [-0.25, -0.2) is 9.29 Å². The van der Waals surface area contributed by atoms with Gasteiger partial charge in [-0.05, 0) is 18.0 Å². The summed E-state index contributed by atoms with van der Waals surface area (Å²) in [6.45, 7) is 4.79. The lowest BCUT2D eigenvalue weighted by Crippen LogP contribution is -2.26. The molecule has 0 N–H and O–H groups in total. The highest BCUT2D eigenvalue weighted by atomic mass is 32.2. The van der Waals surface area contributed by atoms with E-state index in [0.717, 1.165) is 30.3 Å². The van der Waals surface area contributed by atoms with Crippen molar-refractivity contribution in [2.45, 2.75) is 18.6 Å². The molecule has 1 aliphatic rings. The van der Waals surface area contributed by atoms with Gasteiger partial charge >= 0.3 is 0 Å². The normalized spacial score (nSPS) is 15.8. The number of likely N-dealkylation sites (N-methyl/N-ethyl adjacent to an activating group) is 1. The van der Waals surface area contributed by atoms with E-state index in [-0.39, 0.29) is 10.6 Å². The van der Waals surface area contributed by atoms with Gasteiger partial charge in [-0.15, -0.1) is 0 Å². The highest BCUT2D eigenvalue weighted by Crippen LogP contribution is 2.33. The lowest BCUT2D eigenvalue weighted by molar-refractivity contribution is -0.383. The molecule has 1 aromatic heterocycles. The van der Waals surface area contributed by atoms with Crippen molar-refractivity contribution < 1.29 is 4.92 Å². The monoisotopic (exact) mass is 264 g/mol. The second-order valence-electron chi connectivity index (χ2n) is 4.06. The van der Waals surface area contributed by atoms with Gasteiger partial charge in [-0.3, -0.25) is 10.1 Å². The fourth-order valence-corrected chi connectivity index (χ4v) is 3.09. The average Bonchev–Trinajstić information content (AvgIpc) is 2.75. The number of nitro groups is 1. The Morgan fingerprint density at radius 3 is 3.06 bits per heavy atom. The molecule has 0 unspecified atom stereocenters. The summed E-state index contributed by atoms with van der Waals surface area (Å²) in [6.07, 6.45) is 0. The summed E-state index contributed by atoms with van der Waals surface area (Å²) in [5.41, 5.74) is 1.42. The van der Waals surface area contributed by atoms with Crippen LogP contribution >= 0.6 is 11.9 Å². The van der Waals surface area contributed by atoms with Crippen molar-refractivity contribution in [1.82, 2.24) is 13.9 Å². The number of non-ortho nitro benzene ring substituents is 1. The largest absolute Gasteiger partial charge is 0.316 e. The minimum absolute atomic E-state index is 0.0815. The van der Waals surface area contributed by atoms with E-state index in [1.807, 2.05) is 6.07 Å². The SMILES string of the molecule is CCN1CCn2c(nc3c([N+](=O)[O-])cccc32)S1. The Kier molecular flexibility index (Phi) is 2.71. The van der Waals surface area contributed by atoms with E-state index in [2.05, 4.69) is 20.8 Å². The molecule has 0 bridgehead atoms. The lowest BCUT2D eigenvalue weighted by Gasteiger charge is -2.24. The van der Waals surface area contributed by atoms with E-state index in [9.17, 15) is 10.1 Å². The zero-order valence-corrected chi connectivity index (χ0v) is 10.7. The third kappa shape index (κ3) is 1.67. The minimum Gasteiger partial charge on any atom is -0.316 e. The quantitative estimate of drug-likeness (QED) is 0.473. The molecule has 2 aromatic rings. The number of hydrogen-bond acceptors (Lipinski definition) is 5. The first-order valence-electron chi connectivity index (χ1n) is 5.77. The topological polar surface area (TPSA) is 64.2 Å². The minimum atomic E-state index is -0.371. The molecule has 1 aromatic carbocycles. The molecule has 18 heavy (non-hydrogen) atoms. The zero-order chi connectivity index (χ0) is 12.7. The van der Waals surface area contributed by atoms with E-state index in [0.29, 0.717) is 5.52 Å². The molecular formula is C11H12N4O2S. The highest BCUT2D eigenvalue weighted by molar-refractivity contribution is 7.96. The number of fused-ring (bicyclic) bond motifs is 3. The van der Waals surface area contributed by atoms with Crippen LogP contribution in [0.25, 0.3) is 11.0 Å². The predicted octanol–water partition coefficient (Wildman–Crippen LogP) is 2.29. The molecule has 6 nitrogen and oxygen atoms in total. The van der Waals surface area contributed by atoms with Gasteiger partial charge in [-0.1, -0.05) is 13.0 Å². The van der Waals surface area contributed by atoms with Gasteiger partial charge in [0.25, 0.3) is 5.69 Å². The van der Waals surface area contributed by atoms with E-state index in [1.54, 1.807) is 18.0 Å². The number of benzene rings is 1. The van der Waals surface area contributed by atoms with Crippen molar-refractivity contribution in [3.63, 3.8) is 0 Å². The summed E-state index contributed by atoms with van der Waals surface area (Å²) >= 11 is 1.57. The molecular weight excluding hydrogens is 252 g/mol. The van der Waals surface area contributed by atoms with Gasteiger partial charge in [0, 0.05) is 25.7 Å². The van der Waals surface area contributed by atoms with Crippen LogP contribution in [0.3, 0.4) is 0 Å². The zero-order valence-electron chi connectivity index (χ0n) is 9.87. The Balaban J connectivity index is 2.18. The molecule has 2 heterocycles. The van der Waals surface area contributed by atoms with Crippen LogP contribution in [-0.2, 0) is 6.54 Å². The van der Waals surface area contributed by atoms with Crippen LogP contribution in [-0.4, -0.2) is 31.9 Å². The summed E-state index contributed by atoms with van der Waals surface area (Å²) in [4.78, 5) is 15.0. The second-order valence-corrected chi connectivity index (χ2v) is 5.13. The molecule has 0 spiro atoms. The third-order valence-electron chi connectivity index (χ3n) is 3.06. The number of imidazole rings is 1. The predicted molar refractivity (Wildman–Crippen MR) is 69.5 cm³/mol. The molecule has 7 heteroatoms. The molecule has 0 fully saturated rings. The van der Waals surface area contributed by atoms with Crippen molar-refractivity contribution in [3.05, 3.63) is 28.3 Å². The average molecular weight is 264 g/mol. The van der Waals surface area contributed by atoms with Crippen LogP contribution in [0.1, 0.15) is 6.92 Å². The van der Waals surface area contributed by atoms with Gasteiger partial charge in [0.1, 0.15) is 0 Å². The maximum absolute atomic E-state index is 11.0. The van der Waals surface area contributed by atoms with Crippen molar-refractivity contribution in [1.29, 1.82) is 0 Å². The molecule has 94 valence electrons. The summed E-state index contributed by atoms with van der Waals surface area (Å²) < 4.78 is 4.26. The first-order valence-corrected chi connectivity index (χ1v) is 6.54. The first-order chi connectivity index (χ1) is 8.70. The van der Waals surface area contributed by atoms with Gasteiger partial charge < -0.3 is 4.57 Å². The Bertz CT molecular complexity index is 625. The van der Waals surface area contributed by atoms with Crippen molar-refractivity contribution in [3.8, 4) is 0 Å². The number of para-hydroxylation sites is 1. The van der Waals surface area contributed by atoms with E-state index in [1.165, 1.54) is 6.07 Å². The van der Waals surface area contributed by atoms with E-state index < -0.39 is 0 Å². The van der Waals surface area contributed by atoms with Gasteiger partial charge in [-0.2, -0.15) is 0 Å².